The Labute approximate surface area is 171 Å². The van der Waals surface area contributed by atoms with Crippen molar-refractivity contribution >= 4 is 10.1 Å². The first kappa shape index (κ1) is 27.1. The molecule has 0 unspecified atom stereocenters. The first-order chi connectivity index (χ1) is 11.1. The van der Waals surface area contributed by atoms with Crippen LogP contribution >= 0.6 is 0 Å². The zero-order chi connectivity index (χ0) is 17.2. The Bertz CT molecular complexity index is 336. The average molecular weight is 375 g/mol. The monoisotopic (exact) mass is 374 g/mol. The summed E-state index contributed by atoms with van der Waals surface area (Å²) in [6.07, 6.45) is 15.7. The van der Waals surface area contributed by atoms with Gasteiger partial charge in [0, 0.05) is 6.61 Å². The topological polar surface area (TPSA) is 75.7 Å². The SMILES string of the molecule is CCCCCCCCCCCCCCOCCOCS(=O)(=O)[O-].[Na+]. The molecule has 0 fully saturated rings. The predicted octanol–water partition coefficient (Wildman–Crippen LogP) is 1.23. The Morgan fingerprint density at radius 2 is 1.08 bits per heavy atom. The molecule has 0 heterocycles. The minimum Gasteiger partial charge on any atom is -0.746 e. The Kier molecular flexibility index (Phi) is 22.7. The fourth-order valence-corrected chi connectivity index (χ4v) is 2.75. The summed E-state index contributed by atoms with van der Waals surface area (Å²) in [7, 11) is -4.27. The van der Waals surface area contributed by atoms with E-state index in [1.165, 1.54) is 70.6 Å². The van der Waals surface area contributed by atoms with E-state index in [0.29, 0.717) is 13.2 Å². The Balaban J connectivity index is 0. The molecule has 140 valence electrons. The van der Waals surface area contributed by atoms with Gasteiger partial charge in [0.1, 0.15) is 16.1 Å². The molecule has 0 amide bonds. The number of hydrogen-bond donors (Lipinski definition) is 0. The molecule has 5 nitrogen and oxygen atoms in total. The number of unbranched alkanes of at least 4 members (excludes halogenated alkanes) is 11. The van der Waals surface area contributed by atoms with Crippen LogP contribution in [0.25, 0.3) is 0 Å². The van der Waals surface area contributed by atoms with E-state index >= 15 is 0 Å². The van der Waals surface area contributed by atoms with Crippen LogP contribution in [-0.2, 0) is 19.6 Å². The predicted molar refractivity (Wildman–Crippen MR) is 92.4 cm³/mol. The van der Waals surface area contributed by atoms with Crippen molar-refractivity contribution in [3.63, 3.8) is 0 Å². The van der Waals surface area contributed by atoms with Crippen LogP contribution in [0.5, 0.6) is 0 Å². The molecule has 0 aromatic heterocycles. The summed E-state index contributed by atoms with van der Waals surface area (Å²) in [5, 5.41) is 0. The standard InChI is InChI=1S/C17H36O5S.Na/c1-2-3-4-5-6-7-8-9-10-11-12-13-14-21-15-16-22-17-23(18,19)20;/h2-17H2,1H3,(H,18,19,20);/q;+1/p-1. The first-order valence-electron chi connectivity index (χ1n) is 9.15. The van der Waals surface area contributed by atoms with Gasteiger partial charge in [0.15, 0.2) is 0 Å². The molecule has 0 radical (unpaired) electrons. The molecule has 0 aliphatic carbocycles. The first-order valence-corrected chi connectivity index (χ1v) is 10.7. The second kappa shape index (κ2) is 20.1. The van der Waals surface area contributed by atoms with Gasteiger partial charge in [0.2, 0.25) is 0 Å². The van der Waals surface area contributed by atoms with Crippen molar-refractivity contribution in [3.05, 3.63) is 0 Å². The van der Waals surface area contributed by atoms with Crippen LogP contribution in [0.15, 0.2) is 0 Å². The third-order valence-corrected chi connectivity index (χ3v) is 4.20. The molecule has 0 bridgehead atoms. The van der Waals surface area contributed by atoms with E-state index in [4.69, 9.17) is 4.74 Å². The second-order valence-electron chi connectivity index (χ2n) is 6.09. The molecule has 0 saturated heterocycles. The van der Waals surface area contributed by atoms with Crippen LogP contribution in [0.2, 0.25) is 0 Å². The largest absolute Gasteiger partial charge is 1.00 e. The van der Waals surface area contributed by atoms with Crippen molar-refractivity contribution < 1.29 is 52.0 Å². The average Bonchev–Trinajstić information content (AvgIpc) is 2.49. The molecular weight excluding hydrogens is 339 g/mol. The summed E-state index contributed by atoms with van der Waals surface area (Å²) < 4.78 is 40.8. The molecular formula is C17H35NaO5S. The third-order valence-electron chi connectivity index (χ3n) is 3.74. The maximum absolute atomic E-state index is 10.3. The molecule has 0 spiro atoms. The summed E-state index contributed by atoms with van der Waals surface area (Å²) in [6.45, 7) is 3.42. The van der Waals surface area contributed by atoms with Crippen molar-refractivity contribution in [1.82, 2.24) is 0 Å². The van der Waals surface area contributed by atoms with Crippen LogP contribution in [0.4, 0.5) is 0 Å². The van der Waals surface area contributed by atoms with Crippen LogP contribution in [0.1, 0.15) is 84.0 Å². The van der Waals surface area contributed by atoms with E-state index in [1.807, 2.05) is 0 Å². The van der Waals surface area contributed by atoms with Crippen molar-refractivity contribution in [1.29, 1.82) is 0 Å². The molecule has 0 saturated carbocycles. The van der Waals surface area contributed by atoms with Crippen LogP contribution in [-0.4, -0.2) is 38.7 Å². The minimum atomic E-state index is -4.27. The van der Waals surface area contributed by atoms with Gasteiger partial charge in [0.05, 0.1) is 13.2 Å². The molecule has 0 rings (SSSR count). The van der Waals surface area contributed by atoms with E-state index < -0.39 is 16.1 Å². The minimum absolute atomic E-state index is 0. The van der Waals surface area contributed by atoms with E-state index in [9.17, 15) is 13.0 Å². The van der Waals surface area contributed by atoms with Gasteiger partial charge in [-0.05, 0) is 6.42 Å². The van der Waals surface area contributed by atoms with Gasteiger partial charge in [-0.15, -0.1) is 0 Å². The summed E-state index contributed by atoms with van der Waals surface area (Å²) in [5.74, 6) is -0.769. The number of hydrogen-bond acceptors (Lipinski definition) is 5. The van der Waals surface area contributed by atoms with Gasteiger partial charge in [-0.2, -0.15) is 0 Å². The Morgan fingerprint density at radius 3 is 1.54 bits per heavy atom. The number of ether oxygens (including phenoxy) is 2. The Morgan fingerprint density at radius 1 is 0.667 bits per heavy atom. The summed E-state index contributed by atoms with van der Waals surface area (Å²) in [6, 6.07) is 0. The fraction of sp³-hybridized carbons (Fsp3) is 1.00. The van der Waals surface area contributed by atoms with Gasteiger partial charge in [0.25, 0.3) is 0 Å². The van der Waals surface area contributed by atoms with Crippen molar-refractivity contribution in [2.45, 2.75) is 84.0 Å². The molecule has 0 aliphatic heterocycles. The van der Waals surface area contributed by atoms with Gasteiger partial charge >= 0.3 is 29.6 Å². The van der Waals surface area contributed by atoms with Crippen LogP contribution in [0, 0.1) is 0 Å². The normalized spacial score (nSPS) is 11.4. The molecule has 0 atom stereocenters. The second-order valence-corrected chi connectivity index (χ2v) is 7.44. The molecule has 0 aromatic carbocycles. The van der Waals surface area contributed by atoms with Crippen LogP contribution < -0.4 is 29.6 Å². The summed E-state index contributed by atoms with van der Waals surface area (Å²) >= 11 is 0. The van der Waals surface area contributed by atoms with E-state index in [0.717, 1.165) is 6.42 Å². The Hall–Kier alpha value is 0.830. The third kappa shape index (κ3) is 25.1. The van der Waals surface area contributed by atoms with Crippen LogP contribution in [0.3, 0.4) is 0 Å². The van der Waals surface area contributed by atoms with Gasteiger partial charge < -0.3 is 14.0 Å². The van der Waals surface area contributed by atoms with Crippen molar-refractivity contribution in [2.75, 3.05) is 25.8 Å². The maximum Gasteiger partial charge on any atom is 1.00 e. The van der Waals surface area contributed by atoms with Gasteiger partial charge in [-0.25, -0.2) is 8.42 Å². The smallest absolute Gasteiger partial charge is 0.746 e. The molecule has 0 aliphatic rings. The fourth-order valence-electron chi connectivity index (χ4n) is 2.43. The van der Waals surface area contributed by atoms with E-state index in [1.54, 1.807) is 0 Å². The van der Waals surface area contributed by atoms with E-state index in [2.05, 4.69) is 11.7 Å². The van der Waals surface area contributed by atoms with Gasteiger partial charge in [-0.1, -0.05) is 77.6 Å². The van der Waals surface area contributed by atoms with Crippen molar-refractivity contribution in [2.24, 2.45) is 0 Å². The van der Waals surface area contributed by atoms with Crippen molar-refractivity contribution in [3.8, 4) is 0 Å². The van der Waals surface area contributed by atoms with E-state index in [-0.39, 0.29) is 36.2 Å². The zero-order valence-corrected chi connectivity index (χ0v) is 18.6. The molecule has 7 heteroatoms. The van der Waals surface area contributed by atoms with Gasteiger partial charge in [-0.3, -0.25) is 0 Å². The molecule has 24 heavy (non-hydrogen) atoms. The summed E-state index contributed by atoms with van der Waals surface area (Å²) in [5.41, 5.74) is 0. The number of rotatable bonds is 18. The summed E-state index contributed by atoms with van der Waals surface area (Å²) in [4.78, 5) is 0. The molecule has 0 N–H and O–H groups in total. The maximum atomic E-state index is 10.3. The molecule has 0 aromatic rings. The quantitative estimate of drug-likeness (QED) is 0.205. The zero-order valence-electron chi connectivity index (χ0n) is 15.8.